The van der Waals surface area contributed by atoms with Crippen molar-refractivity contribution in [2.24, 2.45) is 5.92 Å². The van der Waals surface area contributed by atoms with Gasteiger partial charge in [0.15, 0.2) is 0 Å². The predicted molar refractivity (Wildman–Crippen MR) is 118 cm³/mol. The minimum Gasteiger partial charge on any atom is -0.481 e. The number of benzene rings is 2. The Labute approximate surface area is 177 Å². The number of fused-ring (bicyclic) bond motifs is 2. The molecule has 0 unspecified atom stereocenters. The molecule has 28 heavy (non-hydrogen) atoms. The topological polar surface area (TPSA) is 40.5 Å². The Kier molecular flexibility index (Phi) is 7.22. The fourth-order valence-corrected chi connectivity index (χ4v) is 5.17. The number of hydrogen-bond acceptors (Lipinski definition) is 3. The van der Waals surface area contributed by atoms with Crippen LogP contribution in [0.3, 0.4) is 0 Å². The highest BCUT2D eigenvalue weighted by molar-refractivity contribution is 7.98. The number of piperidine rings is 1. The van der Waals surface area contributed by atoms with Crippen LogP contribution < -0.4 is 0 Å². The smallest absolute Gasteiger partial charge is 0.307 e. The Morgan fingerprint density at radius 1 is 1.14 bits per heavy atom. The molecule has 1 N–H and O–H groups in total. The maximum absolute atomic E-state index is 11.3. The number of carboxylic acid groups (broad SMARTS) is 1. The molecule has 1 fully saturated rings. The second-order valence-electron chi connectivity index (χ2n) is 7.33. The van der Waals surface area contributed by atoms with Gasteiger partial charge in [0.1, 0.15) is 0 Å². The Hall–Kier alpha value is -1.75. The number of hydrogen-bond donors (Lipinski definition) is 1. The number of thioether (sulfide) groups is 1. The van der Waals surface area contributed by atoms with E-state index in [1.807, 2.05) is 11.8 Å². The van der Waals surface area contributed by atoms with Crippen molar-refractivity contribution in [2.45, 2.75) is 29.9 Å². The number of carbonyl (C=O) groups is 1. The molecule has 0 saturated carbocycles. The van der Waals surface area contributed by atoms with Gasteiger partial charge in [-0.15, -0.1) is 24.2 Å². The molecule has 3 nitrogen and oxygen atoms in total. The quantitative estimate of drug-likeness (QED) is 0.732. The fraction of sp³-hybridized carbons (Fsp3) is 0.348. The minimum atomic E-state index is -0.651. The van der Waals surface area contributed by atoms with Gasteiger partial charge in [-0.2, -0.15) is 0 Å². The molecule has 2 aliphatic rings. The molecule has 2 aliphatic heterocycles. The van der Waals surface area contributed by atoms with Crippen molar-refractivity contribution >= 4 is 35.7 Å². The molecular formula is C23H26ClNO2S. The van der Waals surface area contributed by atoms with Gasteiger partial charge in [0.2, 0.25) is 0 Å². The highest BCUT2D eigenvalue weighted by Crippen LogP contribution is 2.40. The Bertz CT molecular complexity index is 818. The molecule has 0 bridgehead atoms. The molecule has 5 heteroatoms. The van der Waals surface area contributed by atoms with Crippen molar-refractivity contribution in [2.75, 3.05) is 19.6 Å². The zero-order valence-electron chi connectivity index (χ0n) is 15.8. The highest BCUT2D eigenvalue weighted by Gasteiger charge is 2.25. The van der Waals surface area contributed by atoms with Crippen LogP contribution in [0.1, 0.15) is 36.0 Å². The standard InChI is InChI=1S/C23H25NO2S.ClH/c25-23(26)17-8-5-13-24(15-17)14-6-11-20-19-9-2-1-7-18(19)16-27-22-12-4-3-10-21(20)22;/h1-4,7,9-12,17H,5-6,8,13-16H2,(H,25,26);1H/b20-11+;/t17-;/m1./s1. The highest BCUT2D eigenvalue weighted by atomic mass is 35.5. The van der Waals surface area contributed by atoms with Crippen LogP contribution >= 0.6 is 24.2 Å². The second-order valence-corrected chi connectivity index (χ2v) is 8.34. The van der Waals surface area contributed by atoms with Crippen LogP contribution in [0.4, 0.5) is 0 Å². The molecule has 1 saturated heterocycles. The van der Waals surface area contributed by atoms with E-state index in [1.54, 1.807) is 0 Å². The van der Waals surface area contributed by atoms with E-state index >= 15 is 0 Å². The number of aliphatic carboxylic acids is 1. The van der Waals surface area contributed by atoms with Crippen LogP contribution in [0.2, 0.25) is 0 Å². The largest absolute Gasteiger partial charge is 0.481 e. The minimum absolute atomic E-state index is 0. The lowest BCUT2D eigenvalue weighted by atomic mass is 9.93. The number of likely N-dealkylation sites (tertiary alicyclic amines) is 1. The van der Waals surface area contributed by atoms with Crippen molar-refractivity contribution < 1.29 is 9.90 Å². The van der Waals surface area contributed by atoms with Gasteiger partial charge in [-0.25, -0.2) is 0 Å². The van der Waals surface area contributed by atoms with Gasteiger partial charge in [0.05, 0.1) is 5.92 Å². The summed E-state index contributed by atoms with van der Waals surface area (Å²) in [6.07, 6.45) is 5.09. The SMILES string of the molecule is Cl.O=C(O)[C@@H]1CCCN(CC/C=C2\c3ccccc3CSc3ccccc32)C1. The molecule has 0 aromatic heterocycles. The Morgan fingerprint density at radius 2 is 1.89 bits per heavy atom. The van der Waals surface area contributed by atoms with E-state index < -0.39 is 5.97 Å². The first kappa shape index (κ1) is 21.0. The predicted octanol–water partition coefficient (Wildman–Crippen LogP) is 5.33. The molecule has 2 aromatic rings. The van der Waals surface area contributed by atoms with Crippen LogP contribution in [0.25, 0.3) is 5.57 Å². The molecule has 0 radical (unpaired) electrons. The lowest BCUT2D eigenvalue weighted by Crippen LogP contribution is -2.39. The molecule has 4 rings (SSSR count). The van der Waals surface area contributed by atoms with E-state index in [0.717, 1.165) is 38.1 Å². The zero-order valence-corrected chi connectivity index (χ0v) is 17.5. The summed E-state index contributed by atoms with van der Waals surface area (Å²) in [6, 6.07) is 17.3. The van der Waals surface area contributed by atoms with Gasteiger partial charge in [0.25, 0.3) is 0 Å². The summed E-state index contributed by atoms with van der Waals surface area (Å²) < 4.78 is 0. The van der Waals surface area contributed by atoms with Crippen molar-refractivity contribution in [3.8, 4) is 0 Å². The van der Waals surface area contributed by atoms with E-state index in [1.165, 1.54) is 27.2 Å². The lowest BCUT2D eigenvalue weighted by Gasteiger charge is -2.30. The lowest BCUT2D eigenvalue weighted by molar-refractivity contribution is -0.143. The van der Waals surface area contributed by atoms with E-state index in [4.69, 9.17) is 0 Å². The molecule has 2 heterocycles. The third kappa shape index (κ3) is 4.62. The summed E-state index contributed by atoms with van der Waals surface area (Å²) in [7, 11) is 0. The van der Waals surface area contributed by atoms with Crippen molar-refractivity contribution in [3.05, 3.63) is 71.3 Å². The maximum atomic E-state index is 11.3. The van der Waals surface area contributed by atoms with E-state index in [9.17, 15) is 9.90 Å². The van der Waals surface area contributed by atoms with Gasteiger partial charge in [-0.3, -0.25) is 4.79 Å². The first-order valence-corrected chi connectivity index (χ1v) is 10.7. The Balaban J connectivity index is 0.00000225. The van der Waals surface area contributed by atoms with E-state index in [2.05, 4.69) is 59.5 Å². The molecule has 0 aliphatic carbocycles. The number of halogens is 1. The summed E-state index contributed by atoms with van der Waals surface area (Å²) in [5.41, 5.74) is 5.35. The van der Waals surface area contributed by atoms with Gasteiger partial charge >= 0.3 is 5.97 Å². The normalized spacial score (nSPS) is 20.6. The van der Waals surface area contributed by atoms with Crippen LogP contribution in [-0.2, 0) is 10.5 Å². The third-order valence-corrected chi connectivity index (χ3v) is 6.64. The molecule has 2 aromatic carbocycles. The van der Waals surface area contributed by atoms with Crippen LogP contribution in [0, 0.1) is 5.92 Å². The summed E-state index contributed by atoms with van der Waals surface area (Å²) >= 11 is 1.90. The van der Waals surface area contributed by atoms with Crippen LogP contribution in [0.5, 0.6) is 0 Å². The van der Waals surface area contributed by atoms with Crippen molar-refractivity contribution in [1.82, 2.24) is 4.90 Å². The van der Waals surface area contributed by atoms with Gasteiger partial charge in [0, 0.05) is 23.7 Å². The Morgan fingerprint density at radius 3 is 2.71 bits per heavy atom. The molecular weight excluding hydrogens is 390 g/mol. The summed E-state index contributed by atoms with van der Waals surface area (Å²) in [5.74, 6) is 0.139. The van der Waals surface area contributed by atoms with Crippen LogP contribution in [0.15, 0.2) is 59.5 Å². The molecule has 1 atom stereocenters. The third-order valence-electron chi connectivity index (χ3n) is 5.52. The van der Waals surface area contributed by atoms with Crippen molar-refractivity contribution in [3.63, 3.8) is 0 Å². The van der Waals surface area contributed by atoms with Crippen LogP contribution in [-0.4, -0.2) is 35.6 Å². The number of carboxylic acids is 1. The maximum Gasteiger partial charge on any atom is 0.307 e. The molecule has 148 valence electrons. The first-order chi connectivity index (χ1) is 13.2. The fourth-order valence-electron chi connectivity index (χ4n) is 4.10. The number of nitrogens with zero attached hydrogens (tertiary/aromatic N) is 1. The zero-order chi connectivity index (χ0) is 18.6. The summed E-state index contributed by atoms with van der Waals surface area (Å²) in [6.45, 7) is 2.61. The van der Waals surface area contributed by atoms with E-state index in [-0.39, 0.29) is 18.3 Å². The van der Waals surface area contributed by atoms with Gasteiger partial charge in [-0.1, -0.05) is 48.5 Å². The van der Waals surface area contributed by atoms with Gasteiger partial charge < -0.3 is 10.0 Å². The van der Waals surface area contributed by atoms with Gasteiger partial charge in [-0.05, 0) is 54.1 Å². The second kappa shape index (κ2) is 9.64. The summed E-state index contributed by atoms with van der Waals surface area (Å²) in [5, 5.41) is 9.29. The average molecular weight is 416 g/mol. The number of rotatable bonds is 4. The first-order valence-electron chi connectivity index (χ1n) is 9.68. The molecule has 0 spiro atoms. The molecule has 0 amide bonds. The average Bonchev–Trinajstić information content (AvgIpc) is 2.86. The summed E-state index contributed by atoms with van der Waals surface area (Å²) in [4.78, 5) is 14.9. The van der Waals surface area contributed by atoms with Crippen molar-refractivity contribution in [1.29, 1.82) is 0 Å². The monoisotopic (exact) mass is 415 g/mol. The van der Waals surface area contributed by atoms with E-state index in [0.29, 0.717) is 6.54 Å².